The van der Waals surface area contributed by atoms with Gasteiger partial charge in [-0.2, -0.15) is 0 Å². The topological polar surface area (TPSA) is 95.9 Å². The first kappa shape index (κ1) is 18.8. The molecule has 2 rings (SSSR count). The van der Waals surface area contributed by atoms with Gasteiger partial charge in [-0.25, -0.2) is 4.79 Å². The van der Waals surface area contributed by atoms with Gasteiger partial charge in [0.2, 0.25) is 5.91 Å². The van der Waals surface area contributed by atoms with Crippen molar-refractivity contribution in [3.05, 3.63) is 24.3 Å². The van der Waals surface area contributed by atoms with E-state index in [1.54, 1.807) is 36.1 Å². The third kappa shape index (κ3) is 4.95. The molecule has 0 spiro atoms. The number of nitrogens with one attached hydrogen (secondary N) is 1. The van der Waals surface area contributed by atoms with Crippen molar-refractivity contribution in [3.8, 4) is 5.75 Å². The van der Waals surface area contributed by atoms with Crippen molar-refractivity contribution in [2.24, 2.45) is 5.92 Å². The second-order valence-corrected chi connectivity index (χ2v) is 6.20. The molecule has 7 nitrogen and oxygen atoms in total. The molecular formula is C18H24N2O5. The number of carboxylic acids is 1. The number of ether oxygens (including phenoxy) is 1. The van der Waals surface area contributed by atoms with Crippen LogP contribution < -0.4 is 15.0 Å². The standard InChI is InChI=1S/C18H24N2O5/c1-3-12(2)17(18(23)24)19-15(21)11-25-14-8-6-13(7-9-14)20-10-4-5-16(20)22/h6-9,12,17H,3-5,10-11H2,1-2H3,(H,19,21)(H,23,24)/t12-,17-/m0/s1. The van der Waals surface area contributed by atoms with Gasteiger partial charge >= 0.3 is 5.97 Å². The Hall–Kier alpha value is -2.57. The average Bonchev–Trinajstić information content (AvgIpc) is 3.03. The first-order valence-corrected chi connectivity index (χ1v) is 8.47. The third-order valence-corrected chi connectivity index (χ3v) is 4.39. The summed E-state index contributed by atoms with van der Waals surface area (Å²) in [6.07, 6.45) is 2.08. The van der Waals surface area contributed by atoms with Crippen LogP contribution in [0.3, 0.4) is 0 Å². The molecule has 25 heavy (non-hydrogen) atoms. The van der Waals surface area contributed by atoms with E-state index in [2.05, 4.69) is 5.32 Å². The zero-order chi connectivity index (χ0) is 18.4. The van der Waals surface area contributed by atoms with Crippen LogP contribution in [-0.2, 0) is 14.4 Å². The van der Waals surface area contributed by atoms with Crippen LogP contribution in [0.25, 0.3) is 0 Å². The van der Waals surface area contributed by atoms with Crippen LogP contribution in [0.15, 0.2) is 24.3 Å². The quantitative estimate of drug-likeness (QED) is 0.747. The molecule has 1 aliphatic heterocycles. The summed E-state index contributed by atoms with van der Waals surface area (Å²) in [5.41, 5.74) is 0.807. The third-order valence-electron chi connectivity index (χ3n) is 4.39. The Morgan fingerprint density at radius 2 is 2.00 bits per heavy atom. The number of carbonyl (C=O) groups is 3. The Kier molecular flexibility index (Phi) is 6.38. The van der Waals surface area contributed by atoms with Gasteiger partial charge in [0.1, 0.15) is 11.8 Å². The fourth-order valence-corrected chi connectivity index (χ4v) is 2.69. The Labute approximate surface area is 147 Å². The van der Waals surface area contributed by atoms with Crippen LogP contribution >= 0.6 is 0 Å². The van der Waals surface area contributed by atoms with Gasteiger partial charge in [-0.3, -0.25) is 9.59 Å². The van der Waals surface area contributed by atoms with E-state index in [0.29, 0.717) is 25.1 Å². The smallest absolute Gasteiger partial charge is 0.326 e. The predicted molar refractivity (Wildman–Crippen MR) is 92.5 cm³/mol. The maximum Gasteiger partial charge on any atom is 0.326 e. The maximum atomic E-state index is 11.9. The highest BCUT2D eigenvalue weighted by atomic mass is 16.5. The lowest BCUT2D eigenvalue weighted by Gasteiger charge is -2.20. The van der Waals surface area contributed by atoms with Crippen molar-refractivity contribution < 1.29 is 24.2 Å². The summed E-state index contributed by atoms with van der Waals surface area (Å²) in [7, 11) is 0. The average molecular weight is 348 g/mol. The molecule has 7 heteroatoms. The number of carbonyl (C=O) groups excluding carboxylic acids is 2. The fraction of sp³-hybridized carbons (Fsp3) is 0.500. The summed E-state index contributed by atoms with van der Waals surface area (Å²) >= 11 is 0. The summed E-state index contributed by atoms with van der Waals surface area (Å²) in [4.78, 5) is 36.6. The summed E-state index contributed by atoms with van der Waals surface area (Å²) in [5, 5.41) is 11.7. The minimum absolute atomic E-state index is 0.109. The SMILES string of the molecule is CC[C@H](C)[C@H](NC(=O)COc1ccc(N2CCCC2=O)cc1)C(=O)O. The zero-order valence-corrected chi connectivity index (χ0v) is 14.5. The molecule has 0 aromatic heterocycles. The van der Waals surface area contributed by atoms with Gasteiger partial charge in [-0.15, -0.1) is 0 Å². The first-order valence-electron chi connectivity index (χ1n) is 8.47. The number of rotatable bonds is 8. The number of anilines is 1. The number of carboxylic acid groups (broad SMARTS) is 1. The van der Waals surface area contributed by atoms with E-state index in [1.807, 2.05) is 6.92 Å². The Balaban J connectivity index is 1.87. The molecule has 0 aliphatic carbocycles. The summed E-state index contributed by atoms with van der Waals surface area (Å²) < 4.78 is 5.40. The molecule has 1 fully saturated rings. The van der Waals surface area contributed by atoms with E-state index in [4.69, 9.17) is 4.74 Å². The zero-order valence-electron chi connectivity index (χ0n) is 14.5. The number of benzene rings is 1. The Bertz CT molecular complexity index is 629. The van der Waals surface area contributed by atoms with Crippen molar-refractivity contribution in [2.45, 2.75) is 39.2 Å². The monoisotopic (exact) mass is 348 g/mol. The molecule has 2 N–H and O–H groups in total. The first-order chi connectivity index (χ1) is 11.9. The summed E-state index contributed by atoms with van der Waals surface area (Å²) in [5.74, 6) is -1.11. The van der Waals surface area contributed by atoms with Gasteiger partial charge in [-0.1, -0.05) is 20.3 Å². The van der Waals surface area contributed by atoms with E-state index in [9.17, 15) is 19.5 Å². The molecular weight excluding hydrogens is 324 g/mol. The van der Waals surface area contributed by atoms with Crippen molar-refractivity contribution in [1.82, 2.24) is 5.32 Å². The van der Waals surface area contributed by atoms with E-state index in [0.717, 1.165) is 12.1 Å². The number of nitrogens with zero attached hydrogens (tertiary/aromatic N) is 1. The van der Waals surface area contributed by atoms with Gasteiger partial charge < -0.3 is 20.1 Å². The summed E-state index contributed by atoms with van der Waals surface area (Å²) in [6, 6.07) is 6.00. The normalized spacial score (nSPS) is 16.4. The largest absolute Gasteiger partial charge is 0.484 e. The van der Waals surface area contributed by atoms with Crippen LogP contribution in [0.1, 0.15) is 33.1 Å². The van der Waals surface area contributed by atoms with Crippen LogP contribution in [0.4, 0.5) is 5.69 Å². The molecule has 0 saturated carbocycles. The number of hydrogen-bond donors (Lipinski definition) is 2. The van der Waals surface area contributed by atoms with Crippen LogP contribution in [-0.4, -0.2) is 42.1 Å². The Morgan fingerprint density at radius 3 is 2.52 bits per heavy atom. The van der Waals surface area contributed by atoms with E-state index >= 15 is 0 Å². The van der Waals surface area contributed by atoms with Crippen molar-refractivity contribution >= 4 is 23.5 Å². The molecule has 0 unspecified atom stereocenters. The van der Waals surface area contributed by atoms with Gasteiger partial charge in [0, 0.05) is 18.7 Å². The van der Waals surface area contributed by atoms with Crippen molar-refractivity contribution in [1.29, 1.82) is 0 Å². The molecule has 136 valence electrons. The molecule has 0 bridgehead atoms. The molecule has 1 saturated heterocycles. The predicted octanol–water partition coefficient (Wildman–Crippen LogP) is 1.81. The number of hydrogen-bond acceptors (Lipinski definition) is 4. The minimum atomic E-state index is -1.05. The molecule has 2 amide bonds. The number of aliphatic carboxylic acids is 1. The molecule has 2 atom stereocenters. The van der Waals surface area contributed by atoms with Gasteiger partial charge in [0.05, 0.1) is 0 Å². The molecule has 1 aromatic carbocycles. The van der Waals surface area contributed by atoms with Crippen LogP contribution in [0.2, 0.25) is 0 Å². The second-order valence-electron chi connectivity index (χ2n) is 6.20. The maximum absolute atomic E-state index is 11.9. The molecule has 1 aliphatic rings. The highest BCUT2D eigenvalue weighted by Crippen LogP contribution is 2.23. The molecule has 1 aromatic rings. The van der Waals surface area contributed by atoms with Crippen molar-refractivity contribution in [2.75, 3.05) is 18.1 Å². The molecule has 0 radical (unpaired) electrons. The lowest BCUT2D eigenvalue weighted by molar-refractivity contribution is -0.143. The van der Waals surface area contributed by atoms with Crippen molar-refractivity contribution in [3.63, 3.8) is 0 Å². The lowest BCUT2D eigenvalue weighted by Crippen LogP contribution is -2.46. The number of amides is 2. The van der Waals surface area contributed by atoms with Gasteiger partial charge in [0.15, 0.2) is 6.61 Å². The minimum Gasteiger partial charge on any atom is -0.484 e. The summed E-state index contributed by atoms with van der Waals surface area (Å²) in [6.45, 7) is 4.10. The highest BCUT2D eigenvalue weighted by Gasteiger charge is 2.25. The van der Waals surface area contributed by atoms with E-state index in [1.165, 1.54) is 0 Å². The van der Waals surface area contributed by atoms with Gasteiger partial charge in [-0.05, 0) is 36.6 Å². The van der Waals surface area contributed by atoms with E-state index < -0.39 is 17.9 Å². The highest BCUT2D eigenvalue weighted by molar-refractivity contribution is 5.95. The van der Waals surface area contributed by atoms with Gasteiger partial charge in [0.25, 0.3) is 5.91 Å². The second kappa shape index (κ2) is 8.50. The van der Waals surface area contributed by atoms with Crippen LogP contribution in [0.5, 0.6) is 5.75 Å². The molecule has 1 heterocycles. The van der Waals surface area contributed by atoms with E-state index in [-0.39, 0.29) is 18.4 Å². The Morgan fingerprint density at radius 1 is 1.32 bits per heavy atom. The fourth-order valence-electron chi connectivity index (χ4n) is 2.69. The van der Waals surface area contributed by atoms with Crippen LogP contribution in [0, 0.1) is 5.92 Å². The lowest BCUT2D eigenvalue weighted by atomic mass is 9.99.